The van der Waals surface area contributed by atoms with E-state index in [9.17, 15) is 19.2 Å². The standard InChI is InChI=1S/C19H17NO9/c1-20(12-9-7-11(8-10-12)17(22)23)16(21)13-5-4-6-14(28-18(24)26-2)15(13)29-19(25)27-3/h4-10H,1-3H3,(H,22,23). The summed E-state index contributed by atoms with van der Waals surface area (Å²) in [6.45, 7) is 0. The number of ether oxygens (including phenoxy) is 4. The number of carbonyl (C=O) groups is 4. The van der Waals surface area contributed by atoms with E-state index in [1.165, 1.54) is 54.4 Å². The number of methoxy groups -OCH3 is 2. The Balaban J connectivity index is 2.43. The minimum Gasteiger partial charge on any atom is -0.478 e. The number of carboxylic acid groups (broad SMARTS) is 1. The van der Waals surface area contributed by atoms with Gasteiger partial charge in [0.1, 0.15) is 0 Å². The molecule has 0 radical (unpaired) electrons. The molecular weight excluding hydrogens is 386 g/mol. The van der Waals surface area contributed by atoms with E-state index in [2.05, 4.69) is 9.47 Å². The molecule has 10 nitrogen and oxygen atoms in total. The predicted octanol–water partition coefficient (Wildman–Crippen LogP) is 2.95. The van der Waals surface area contributed by atoms with Crippen LogP contribution >= 0.6 is 0 Å². The summed E-state index contributed by atoms with van der Waals surface area (Å²) in [6.07, 6.45) is -2.21. The molecule has 1 amide bonds. The normalized spacial score (nSPS) is 9.90. The highest BCUT2D eigenvalue weighted by Crippen LogP contribution is 2.33. The molecule has 0 spiro atoms. The molecule has 0 aromatic heterocycles. The van der Waals surface area contributed by atoms with Crippen LogP contribution in [0.4, 0.5) is 15.3 Å². The van der Waals surface area contributed by atoms with Gasteiger partial charge in [0, 0.05) is 12.7 Å². The van der Waals surface area contributed by atoms with Crippen molar-refractivity contribution in [3.63, 3.8) is 0 Å². The number of aromatic carboxylic acids is 1. The van der Waals surface area contributed by atoms with E-state index in [1.54, 1.807) is 0 Å². The first-order valence-corrected chi connectivity index (χ1v) is 8.04. The second kappa shape index (κ2) is 9.22. The van der Waals surface area contributed by atoms with Gasteiger partial charge in [0.25, 0.3) is 5.91 Å². The summed E-state index contributed by atoms with van der Waals surface area (Å²) < 4.78 is 18.8. The lowest BCUT2D eigenvalue weighted by Crippen LogP contribution is -2.27. The van der Waals surface area contributed by atoms with Crippen LogP contribution in [-0.4, -0.2) is 50.6 Å². The Morgan fingerprint density at radius 2 is 1.45 bits per heavy atom. The van der Waals surface area contributed by atoms with Crippen LogP contribution in [-0.2, 0) is 9.47 Å². The molecule has 0 saturated carbocycles. The number of benzene rings is 2. The number of nitrogens with zero attached hydrogens (tertiary/aromatic N) is 1. The van der Waals surface area contributed by atoms with Crippen molar-refractivity contribution in [1.82, 2.24) is 0 Å². The molecule has 0 bridgehead atoms. The SMILES string of the molecule is COC(=O)Oc1cccc(C(=O)N(C)c2ccc(C(=O)O)cc2)c1OC(=O)OC. The van der Waals surface area contributed by atoms with E-state index in [0.717, 1.165) is 14.2 Å². The number of amides is 1. The summed E-state index contributed by atoms with van der Waals surface area (Å²) in [6, 6.07) is 9.62. The highest BCUT2D eigenvalue weighted by molar-refractivity contribution is 6.08. The molecule has 0 atom stereocenters. The molecule has 0 heterocycles. The third-order valence-corrected chi connectivity index (χ3v) is 3.73. The van der Waals surface area contributed by atoms with Crippen LogP contribution in [0.15, 0.2) is 42.5 Å². The van der Waals surface area contributed by atoms with Crippen LogP contribution in [0.2, 0.25) is 0 Å². The minimum absolute atomic E-state index is 0.0535. The van der Waals surface area contributed by atoms with Crippen molar-refractivity contribution >= 4 is 29.9 Å². The van der Waals surface area contributed by atoms with E-state index < -0.39 is 24.2 Å². The largest absolute Gasteiger partial charge is 0.513 e. The zero-order chi connectivity index (χ0) is 21.6. The molecule has 2 aromatic carbocycles. The maximum Gasteiger partial charge on any atom is 0.513 e. The number of hydrogen-bond acceptors (Lipinski definition) is 8. The molecule has 10 heteroatoms. The molecule has 29 heavy (non-hydrogen) atoms. The molecule has 2 rings (SSSR count). The lowest BCUT2D eigenvalue weighted by Gasteiger charge is -2.20. The molecular formula is C19H17NO9. The van der Waals surface area contributed by atoms with Gasteiger partial charge in [0.2, 0.25) is 0 Å². The molecule has 152 valence electrons. The zero-order valence-electron chi connectivity index (χ0n) is 15.7. The van der Waals surface area contributed by atoms with Crippen molar-refractivity contribution in [2.45, 2.75) is 0 Å². The van der Waals surface area contributed by atoms with E-state index in [4.69, 9.17) is 14.6 Å². The van der Waals surface area contributed by atoms with Crippen molar-refractivity contribution < 1.29 is 43.2 Å². The summed E-state index contributed by atoms with van der Waals surface area (Å²) in [5.74, 6) is -2.30. The molecule has 0 saturated heterocycles. The van der Waals surface area contributed by atoms with Gasteiger partial charge in [-0.1, -0.05) is 6.07 Å². The zero-order valence-corrected chi connectivity index (χ0v) is 15.7. The fraction of sp³-hybridized carbons (Fsp3) is 0.158. The lowest BCUT2D eigenvalue weighted by atomic mass is 10.1. The van der Waals surface area contributed by atoms with Gasteiger partial charge in [0.15, 0.2) is 11.5 Å². The average Bonchev–Trinajstić information content (AvgIpc) is 2.73. The van der Waals surface area contributed by atoms with Gasteiger partial charge in [-0.3, -0.25) is 4.79 Å². The maximum absolute atomic E-state index is 13.0. The number of carboxylic acids is 1. The number of para-hydroxylation sites is 1. The fourth-order valence-electron chi connectivity index (χ4n) is 2.25. The van der Waals surface area contributed by atoms with E-state index >= 15 is 0 Å². The van der Waals surface area contributed by atoms with Crippen molar-refractivity contribution in [3.8, 4) is 11.5 Å². The Kier molecular flexibility index (Phi) is 6.75. The quantitative estimate of drug-likeness (QED) is 0.591. The first-order valence-electron chi connectivity index (χ1n) is 8.04. The van der Waals surface area contributed by atoms with Gasteiger partial charge < -0.3 is 29.0 Å². The van der Waals surface area contributed by atoms with E-state index in [0.29, 0.717) is 5.69 Å². The monoisotopic (exact) mass is 403 g/mol. The maximum atomic E-state index is 13.0. The summed E-state index contributed by atoms with van der Waals surface area (Å²) in [5, 5.41) is 8.98. The summed E-state index contributed by atoms with van der Waals surface area (Å²) >= 11 is 0. The minimum atomic E-state index is -1.13. The molecule has 0 aliphatic carbocycles. The summed E-state index contributed by atoms with van der Waals surface area (Å²) in [7, 11) is 3.60. The Hall–Kier alpha value is -4.08. The molecule has 0 fully saturated rings. The summed E-state index contributed by atoms with van der Waals surface area (Å²) in [5.41, 5.74) is 0.322. The average molecular weight is 403 g/mol. The van der Waals surface area contributed by atoms with Gasteiger partial charge in [-0.2, -0.15) is 0 Å². The van der Waals surface area contributed by atoms with Crippen LogP contribution < -0.4 is 14.4 Å². The lowest BCUT2D eigenvalue weighted by molar-refractivity contribution is 0.0696. The molecule has 1 N–H and O–H groups in total. The molecule has 0 aliphatic heterocycles. The van der Waals surface area contributed by atoms with Gasteiger partial charge in [-0.25, -0.2) is 14.4 Å². The Morgan fingerprint density at radius 3 is 2.00 bits per heavy atom. The number of hydrogen-bond donors (Lipinski definition) is 1. The summed E-state index contributed by atoms with van der Waals surface area (Å²) in [4.78, 5) is 48.2. The topological polar surface area (TPSA) is 129 Å². The van der Waals surface area contributed by atoms with Gasteiger partial charge in [-0.15, -0.1) is 0 Å². The number of carbonyl (C=O) groups excluding carboxylic acids is 3. The molecule has 2 aromatic rings. The van der Waals surface area contributed by atoms with Gasteiger partial charge >= 0.3 is 18.3 Å². The third-order valence-electron chi connectivity index (χ3n) is 3.73. The molecule has 0 unspecified atom stereocenters. The number of rotatable bonds is 5. The van der Waals surface area contributed by atoms with Crippen molar-refractivity contribution in [2.75, 3.05) is 26.2 Å². The highest BCUT2D eigenvalue weighted by atomic mass is 16.7. The molecule has 0 aliphatic rings. The van der Waals surface area contributed by atoms with Crippen LogP contribution in [0.5, 0.6) is 11.5 Å². The Morgan fingerprint density at radius 1 is 0.862 bits per heavy atom. The second-order valence-corrected chi connectivity index (χ2v) is 5.46. The van der Waals surface area contributed by atoms with Crippen molar-refractivity contribution in [3.05, 3.63) is 53.6 Å². The Bertz CT molecular complexity index is 937. The van der Waals surface area contributed by atoms with Crippen LogP contribution in [0.25, 0.3) is 0 Å². The van der Waals surface area contributed by atoms with Crippen LogP contribution in [0, 0.1) is 0 Å². The van der Waals surface area contributed by atoms with E-state index in [1.807, 2.05) is 0 Å². The van der Waals surface area contributed by atoms with E-state index in [-0.39, 0.29) is 22.6 Å². The van der Waals surface area contributed by atoms with Gasteiger partial charge in [0.05, 0.1) is 25.3 Å². The fourth-order valence-corrected chi connectivity index (χ4v) is 2.25. The number of anilines is 1. The second-order valence-electron chi connectivity index (χ2n) is 5.46. The smallest absolute Gasteiger partial charge is 0.478 e. The third kappa shape index (κ3) is 5.01. The Labute approximate surface area is 165 Å². The van der Waals surface area contributed by atoms with Gasteiger partial charge in [-0.05, 0) is 36.4 Å². The highest BCUT2D eigenvalue weighted by Gasteiger charge is 2.25. The first kappa shape index (κ1) is 21.2. The predicted molar refractivity (Wildman–Crippen MR) is 98.6 cm³/mol. The van der Waals surface area contributed by atoms with Crippen molar-refractivity contribution in [1.29, 1.82) is 0 Å². The van der Waals surface area contributed by atoms with Crippen molar-refractivity contribution in [2.24, 2.45) is 0 Å². The first-order chi connectivity index (χ1) is 13.8. The van der Waals surface area contributed by atoms with Crippen LogP contribution in [0.1, 0.15) is 20.7 Å². The van der Waals surface area contributed by atoms with Crippen LogP contribution in [0.3, 0.4) is 0 Å².